The van der Waals surface area contributed by atoms with Crippen molar-refractivity contribution in [2.24, 2.45) is 5.41 Å². The third kappa shape index (κ3) is 3.42. The van der Waals surface area contributed by atoms with Crippen LogP contribution in [0.1, 0.15) is 35.1 Å². The summed E-state index contributed by atoms with van der Waals surface area (Å²) in [6.45, 7) is 6.34. The fraction of sp³-hybridized carbons (Fsp3) is 0.625. The van der Waals surface area contributed by atoms with Gasteiger partial charge in [-0.25, -0.2) is 0 Å². The average molecular weight is 362 g/mol. The molecule has 5 nitrogen and oxygen atoms in total. The van der Waals surface area contributed by atoms with E-state index in [0.29, 0.717) is 25.1 Å². The van der Waals surface area contributed by atoms with Gasteiger partial charge in [0.25, 0.3) is 0 Å². The number of alkyl halides is 2. The van der Waals surface area contributed by atoms with Crippen LogP contribution in [0.25, 0.3) is 0 Å². The number of ether oxygens (including phenoxy) is 2. The summed E-state index contributed by atoms with van der Waals surface area (Å²) in [5, 5.41) is 0. The van der Waals surface area contributed by atoms with Crippen molar-refractivity contribution in [1.29, 1.82) is 0 Å². The lowest BCUT2D eigenvalue weighted by molar-refractivity contribution is -0.148. The Balaban J connectivity index is 2.00. The number of ketones is 1. The van der Waals surface area contributed by atoms with E-state index in [1.165, 1.54) is 0 Å². The molecule has 1 aliphatic carbocycles. The van der Waals surface area contributed by atoms with Gasteiger partial charge in [0.15, 0.2) is 6.61 Å². The summed E-state index contributed by atoms with van der Waals surface area (Å²) in [5.41, 5.74) is 1.42. The number of Topliss-reactive ketones (excluding diaryl/α,β-unsaturated/α-hetero) is 1. The molecule has 1 fully saturated rings. The van der Waals surface area contributed by atoms with Gasteiger partial charge < -0.3 is 14.0 Å². The van der Waals surface area contributed by atoms with Gasteiger partial charge >= 0.3 is 5.97 Å². The maximum Gasteiger partial charge on any atom is 0.315 e. The first-order valence-electron chi connectivity index (χ1n) is 7.38. The highest BCUT2D eigenvalue weighted by Gasteiger charge is 2.69. The molecule has 0 amide bonds. The van der Waals surface area contributed by atoms with E-state index in [1.807, 2.05) is 18.4 Å². The van der Waals surface area contributed by atoms with Gasteiger partial charge in [-0.1, -0.05) is 0 Å². The molecule has 2 rings (SSSR count). The highest BCUT2D eigenvalue weighted by molar-refractivity contribution is 6.53. The average Bonchev–Trinajstić information content (AvgIpc) is 2.87. The van der Waals surface area contributed by atoms with E-state index in [2.05, 4.69) is 0 Å². The van der Waals surface area contributed by atoms with E-state index < -0.39 is 15.7 Å². The van der Waals surface area contributed by atoms with Crippen molar-refractivity contribution in [3.8, 4) is 0 Å². The smallest absolute Gasteiger partial charge is 0.315 e. The van der Waals surface area contributed by atoms with E-state index in [0.717, 1.165) is 11.4 Å². The Labute approximate surface area is 145 Å². The highest BCUT2D eigenvalue weighted by Crippen LogP contribution is 2.64. The lowest BCUT2D eigenvalue weighted by Gasteiger charge is -2.11. The number of nitrogens with zero attached hydrogens (tertiary/aromatic N) is 1. The molecule has 0 aromatic carbocycles. The minimum Gasteiger partial charge on any atom is -0.457 e. The Hall–Kier alpha value is -1.04. The topological polar surface area (TPSA) is 57.5 Å². The first kappa shape index (κ1) is 18.3. The SMILES string of the molecule is COCCn1c(C)cc(C(=O)COC(=O)C2(C)CC2(Cl)Cl)c1C. The maximum absolute atomic E-state index is 12.3. The van der Waals surface area contributed by atoms with Gasteiger partial charge in [0.05, 0.1) is 6.61 Å². The van der Waals surface area contributed by atoms with E-state index in [4.69, 9.17) is 32.7 Å². The number of hydrogen-bond acceptors (Lipinski definition) is 4. The number of methoxy groups -OCH3 is 1. The van der Waals surface area contributed by atoms with Crippen molar-refractivity contribution in [2.45, 2.75) is 38.1 Å². The number of esters is 1. The monoisotopic (exact) mass is 361 g/mol. The summed E-state index contributed by atoms with van der Waals surface area (Å²) in [4.78, 5) is 24.3. The summed E-state index contributed by atoms with van der Waals surface area (Å²) in [6, 6.07) is 1.80. The standard InChI is InChI=1S/C16H21Cl2NO4/c1-10-7-12(11(2)19(10)5-6-22-4)13(20)8-23-14(21)15(3)9-16(15,17)18/h7H,5-6,8-9H2,1-4H3. The van der Waals surface area contributed by atoms with Crippen molar-refractivity contribution < 1.29 is 19.1 Å². The van der Waals surface area contributed by atoms with Crippen molar-refractivity contribution in [3.63, 3.8) is 0 Å². The molecule has 1 unspecified atom stereocenters. The van der Waals surface area contributed by atoms with Crippen LogP contribution < -0.4 is 0 Å². The molecule has 128 valence electrons. The predicted molar refractivity (Wildman–Crippen MR) is 88.2 cm³/mol. The number of carbonyl (C=O) groups excluding carboxylic acids is 2. The molecule has 1 atom stereocenters. The number of carbonyl (C=O) groups is 2. The molecule has 1 aliphatic rings. The molecule has 1 heterocycles. The summed E-state index contributed by atoms with van der Waals surface area (Å²) in [6.07, 6.45) is 0.335. The molecule has 0 saturated heterocycles. The van der Waals surface area contributed by atoms with Gasteiger partial charge in [-0.3, -0.25) is 9.59 Å². The van der Waals surface area contributed by atoms with Gasteiger partial charge in [0.2, 0.25) is 5.78 Å². The summed E-state index contributed by atoms with van der Waals surface area (Å²) >= 11 is 11.9. The van der Waals surface area contributed by atoms with Crippen LogP contribution in [0, 0.1) is 19.3 Å². The Morgan fingerprint density at radius 2 is 1.96 bits per heavy atom. The molecule has 0 aliphatic heterocycles. The summed E-state index contributed by atoms with van der Waals surface area (Å²) in [7, 11) is 1.63. The minimum absolute atomic E-state index is 0.242. The zero-order chi connectivity index (χ0) is 17.4. The van der Waals surface area contributed by atoms with E-state index in [1.54, 1.807) is 20.1 Å². The lowest BCUT2D eigenvalue weighted by atomic mass is 10.1. The normalized spacial score (nSPS) is 22.0. The Morgan fingerprint density at radius 3 is 2.48 bits per heavy atom. The molecular weight excluding hydrogens is 341 g/mol. The second-order valence-corrected chi connectivity index (χ2v) is 7.63. The van der Waals surface area contributed by atoms with E-state index in [-0.39, 0.29) is 12.4 Å². The minimum atomic E-state index is -1.09. The molecule has 0 N–H and O–H groups in total. The quantitative estimate of drug-likeness (QED) is 0.425. The lowest BCUT2D eigenvalue weighted by Crippen LogP contribution is -2.24. The van der Waals surface area contributed by atoms with Gasteiger partial charge in [-0.05, 0) is 26.8 Å². The number of hydrogen-bond donors (Lipinski definition) is 0. The number of aromatic nitrogens is 1. The third-order valence-electron chi connectivity index (χ3n) is 4.44. The maximum atomic E-state index is 12.3. The first-order valence-corrected chi connectivity index (χ1v) is 8.13. The van der Waals surface area contributed by atoms with Crippen LogP contribution in [-0.4, -0.2) is 41.0 Å². The van der Waals surface area contributed by atoms with Crippen molar-refractivity contribution >= 4 is 35.0 Å². The molecule has 1 saturated carbocycles. The van der Waals surface area contributed by atoms with Crippen LogP contribution >= 0.6 is 23.2 Å². The van der Waals surface area contributed by atoms with Gasteiger partial charge in [0, 0.05) is 37.0 Å². The second kappa shape index (κ2) is 6.46. The molecule has 0 radical (unpaired) electrons. The Kier molecular flexibility index (Phi) is 5.14. The van der Waals surface area contributed by atoms with Crippen molar-refractivity contribution in [3.05, 3.63) is 23.0 Å². The highest BCUT2D eigenvalue weighted by atomic mass is 35.5. The van der Waals surface area contributed by atoms with Crippen LogP contribution in [0.2, 0.25) is 0 Å². The number of rotatable bonds is 7. The summed E-state index contributed by atoms with van der Waals surface area (Å²) < 4.78 is 11.1. The first-order chi connectivity index (χ1) is 10.6. The summed E-state index contributed by atoms with van der Waals surface area (Å²) in [5.74, 6) is -0.779. The van der Waals surface area contributed by atoms with Crippen LogP contribution in [0.3, 0.4) is 0 Å². The van der Waals surface area contributed by atoms with Gasteiger partial charge in [0.1, 0.15) is 9.75 Å². The van der Waals surface area contributed by atoms with Crippen molar-refractivity contribution in [2.75, 3.05) is 20.3 Å². The van der Waals surface area contributed by atoms with E-state index in [9.17, 15) is 9.59 Å². The van der Waals surface area contributed by atoms with Crippen LogP contribution in [0.15, 0.2) is 6.07 Å². The Morgan fingerprint density at radius 1 is 1.35 bits per heavy atom. The fourth-order valence-electron chi connectivity index (χ4n) is 2.60. The molecular formula is C16H21Cl2NO4. The van der Waals surface area contributed by atoms with Crippen LogP contribution in [0.4, 0.5) is 0 Å². The van der Waals surface area contributed by atoms with Crippen molar-refractivity contribution in [1.82, 2.24) is 4.57 Å². The molecule has 7 heteroatoms. The largest absolute Gasteiger partial charge is 0.457 e. The third-order valence-corrected chi connectivity index (χ3v) is 5.54. The number of halogens is 2. The molecule has 23 heavy (non-hydrogen) atoms. The van der Waals surface area contributed by atoms with Gasteiger partial charge in [-0.15, -0.1) is 23.2 Å². The predicted octanol–water partition coefficient (Wildman–Crippen LogP) is 3.06. The van der Waals surface area contributed by atoms with E-state index >= 15 is 0 Å². The molecule has 1 aromatic rings. The second-order valence-electron chi connectivity index (χ2n) is 6.14. The van der Waals surface area contributed by atoms with Crippen LogP contribution in [0.5, 0.6) is 0 Å². The number of aryl methyl sites for hydroxylation is 1. The zero-order valence-electron chi connectivity index (χ0n) is 13.7. The fourth-order valence-corrected chi connectivity index (χ4v) is 3.29. The Bertz CT molecular complexity index is 638. The van der Waals surface area contributed by atoms with Crippen LogP contribution in [-0.2, 0) is 20.8 Å². The zero-order valence-corrected chi connectivity index (χ0v) is 15.3. The molecule has 1 aromatic heterocycles. The van der Waals surface area contributed by atoms with Gasteiger partial charge in [-0.2, -0.15) is 0 Å². The molecule has 0 bridgehead atoms. The molecule has 0 spiro atoms.